The lowest BCUT2D eigenvalue weighted by molar-refractivity contribution is -0.141. The van der Waals surface area contributed by atoms with E-state index in [0.29, 0.717) is 41.3 Å². The third-order valence-electron chi connectivity index (χ3n) is 8.16. The second kappa shape index (κ2) is 9.61. The van der Waals surface area contributed by atoms with Crippen LogP contribution in [0.1, 0.15) is 99.1 Å². The Bertz CT molecular complexity index is 1120. The largest absolute Gasteiger partial charge is 0.481 e. The van der Waals surface area contributed by atoms with Crippen molar-refractivity contribution in [3.8, 4) is 0 Å². The van der Waals surface area contributed by atoms with Crippen LogP contribution in [0.5, 0.6) is 0 Å². The normalized spacial score (nSPS) is 28.2. The second-order valence-electron chi connectivity index (χ2n) is 11.5. The summed E-state index contributed by atoms with van der Waals surface area (Å²) in [5.74, 6) is 0.877. The zero-order valence-corrected chi connectivity index (χ0v) is 21.5. The van der Waals surface area contributed by atoms with Crippen molar-refractivity contribution in [2.75, 3.05) is 5.32 Å². The average molecular weight is 499 g/mol. The number of benzene rings is 1. The third kappa shape index (κ3) is 5.00. The first-order chi connectivity index (χ1) is 16.7. The second-order valence-corrected chi connectivity index (χ2v) is 11.9. The van der Waals surface area contributed by atoms with E-state index in [1.54, 1.807) is 6.07 Å². The summed E-state index contributed by atoms with van der Waals surface area (Å²) in [4.78, 5) is 25.4. The summed E-state index contributed by atoms with van der Waals surface area (Å²) in [6.45, 7) is 6.48. The fourth-order valence-corrected chi connectivity index (χ4v) is 6.54. The number of anilines is 1. The number of nitrogens with one attached hydrogen (secondary N) is 1. The standard InChI is InChI=1S/C28H35ClN2O4/c1-14(2)8-16-10-18(11-16)26-24(17-5-6-17)25(31-35-26)20-12-19(28(33)34)13-21(20)27(32)30-23-7-4-15(3)9-22(23)29/h4,7,9,14,16-21H,5-6,8,10-13H2,1-3H3,(H,30,32)(H,33,34)/t16?,18?,19-,20+,21+/m1/s1. The number of amides is 1. The number of carbonyl (C=O) groups is 2. The average Bonchev–Trinajstić information content (AvgIpc) is 3.35. The molecule has 6 nitrogen and oxygen atoms in total. The highest BCUT2D eigenvalue weighted by atomic mass is 35.5. The Hall–Kier alpha value is -2.34. The van der Waals surface area contributed by atoms with E-state index in [0.717, 1.165) is 48.6 Å². The highest BCUT2D eigenvalue weighted by molar-refractivity contribution is 6.33. The van der Waals surface area contributed by atoms with Crippen molar-refractivity contribution in [3.05, 3.63) is 45.8 Å². The smallest absolute Gasteiger partial charge is 0.306 e. The van der Waals surface area contributed by atoms with Gasteiger partial charge < -0.3 is 14.9 Å². The van der Waals surface area contributed by atoms with Crippen LogP contribution in [0.15, 0.2) is 22.7 Å². The SMILES string of the molecule is Cc1ccc(NC(=O)[C@H]2C[C@H](C(=O)O)C[C@@H]2c2noc(C3CC(CC(C)C)C3)c2C2CC2)c(Cl)c1. The van der Waals surface area contributed by atoms with Crippen molar-refractivity contribution < 1.29 is 19.2 Å². The minimum absolute atomic E-state index is 0.198. The number of halogens is 1. The van der Waals surface area contributed by atoms with E-state index in [2.05, 4.69) is 24.3 Å². The molecule has 3 atom stereocenters. The first-order valence-corrected chi connectivity index (χ1v) is 13.4. The van der Waals surface area contributed by atoms with Crippen LogP contribution < -0.4 is 5.32 Å². The van der Waals surface area contributed by atoms with E-state index in [4.69, 9.17) is 16.1 Å². The number of carbonyl (C=O) groups excluding carboxylic acids is 1. The van der Waals surface area contributed by atoms with Gasteiger partial charge in [0, 0.05) is 23.3 Å². The molecule has 2 N–H and O–H groups in total. The summed E-state index contributed by atoms with van der Waals surface area (Å²) >= 11 is 6.36. The van der Waals surface area contributed by atoms with Crippen LogP contribution in [0.4, 0.5) is 5.69 Å². The van der Waals surface area contributed by atoms with E-state index >= 15 is 0 Å². The Morgan fingerprint density at radius 3 is 2.54 bits per heavy atom. The van der Waals surface area contributed by atoms with Crippen molar-refractivity contribution in [3.63, 3.8) is 0 Å². The molecule has 0 aliphatic heterocycles. The predicted octanol–water partition coefficient (Wildman–Crippen LogP) is 6.89. The monoisotopic (exact) mass is 498 g/mol. The van der Waals surface area contributed by atoms with Crippen molar-refractivity contribution in [1.29, 1.82) is 0 Å². The van der Waals surface area contributed by atoms with Crippen LogP contribution in [-0.2, 0) is 9.59 Å². The number of aromatic nitrogens is 1. The van der Waals surface area contributed by atoms with Gasteiger partial charge in [0.2, 0.25) is 5.91 Å². The fourth-order valence-electron chi connectivity index (χ4n) is 6.25. The van der Waals surface area contributed by atoms with Gasteiger partial charge in [-0.1, -0.05) is 36.7 Å². The molecule has 3 aliphatic carbocycles. The summed E-state index contributed by atoms with van der Waals surface area (Å²) in [6, 6.07) is 5.50. The summed E-state index contributed by atoms with van der Waals surface area (Å²) in [7, 11) is 0. The van der Waals surface area contributed by atoms with Crippen molar-refractivity contribution in [2.45, 2.75) is 83.5 Å². The number of carboxylic acid groups (broad SMARTS) is 1. The molecule has 3 fully saturated rings. The maximum atomic E-state index is 13.4. The molecular formula is C28H35ClN2O4. The molecule has 3 aliphatic rings. The van der Waals surface area contributed by atoms with Crippen molar-refractivity contribution in [1.82, 2.24) is 5.16 Å². The number of aryl methyl sites for hydroxylation is 1. The minimum atomic E-state index is -0.856. The Balaban J connectivity index is 1.40. The van der Waals surface area contributed by atoms with E-state index in [-0.39, 0.29) is 11.8 Å². The molecule has 0 bridgehead atoms. The van der Waals surface area contributed by atoms with E-state index in [9.17, 15) is 14.7 Å². The molecule has 0 saturated heterocycles. The quantitative estimate of drug-likeness (QED) is 0.413. The summed E-state index contributed by atoms with van der Waals surface area (Å²) in [6.07, 6.45) is 6.41. The molecule has 7 heteroatoms. The van der Waals surface area contributed by atoms with E-state index in [1.165, 1.54) is 12.0 Å². The minimum Gasteiger partial charge on any atom is -0.481 e. The van der Waals surface area contributed by atoms with E-state index < -0.39 is 17.8 Å². The molecule has 35 heavy (non-hydrogen) atoms. The third-order valence-corrected chi connectivity index (χ3v) is 8.48. The topological polar surface area (TPSA) is 92.4 Å². The molecule has 0 radical (unpaired) electrons. The fraction of sp³-hybridized carbons (Fsp3) is 0.607. The van der Waals surface area contributed by atoms with Crippen LogP contribution >= 0.6 is 11.6 Å². The summed E-state index contributed by atoms with van der Waals surface area (Å²) in [5.41, 5.74) is 3.57. The molecule has 5 rings (SSSR count). The first kappa shape index (κ1) is 24.4. The van der Waals surface area contributed by atoms with Gasteiger partial charge >= 0.3 is 5.97 Å². The molecule has 1 amide bonds. The maximum Gasteiger partial charge on any atom is 0.306 e. The molecule has 188 valence electrons. The lowest BCUT2D eigenvalue weighted by atomic mass is 9.69. The highest BCUT2D eigenvalue weighted by Gasteiger charge is 2.48. The van der Waals surface area contributed by atoms with Crippen LogP contribution in [-0.4, -0.2) is 22.1 Å². The van der Waals surface area contributed by atoms with E-state index in [1.807, 2.05) is 19.1 Å². The predicted molar refractivity (Wildman–Crippen MR) is 135 cm³/mol. The number of hydrogen-bond donors (Lipinski definition) is 2. The molecule has 1 aromatic carbocycles. The number of aliphatic carboxylic acids is 1. The number of carboxylic acids is 1. The lowest BCUT2D eigenvalue weighted by Crippen LogP contribution is -2.26. The Labute approximate surface area is 211 Å². The molecule has 0 unspecified atom stereocenters. The van der Waals surface area contributed by atoms with Crippen LogP contribution in [0.3, 0.4) is 0 Å². The number of nitrogens with zero attached hydrogens (tertiary/aromatic N) is 1. The van der Waals surface area contributed by atoms with Gasteiger partial charge in [-0.15, -0.1) is 0 Å². The van der Waals surface area contributed by atoms with Gasteiger partial charge in [0.1, 0.15) is 5.76 Å². The number of rotatable bonds is 8. The van der Waals surface area contributed by atoms with Gasteiger partial charge in [-0.3, -0.25) is 9.59 Å². The molecule has 1 aromatic heterocycles. The van der Waals surface area contributed by atoms with Crippen LogP contribution in [0, 0.1) is 30.6 Å². The molecule has 0 spiro atoms. The molecule has 2 aromatic rings. The van der Waals surface area contributed by atoms with Gasteiger partial charge in [0.25, 0.3) is 0 Å². The van der Waals surface area contributed by atoms with Crippen molar-refractivity contribution in [2.24, 2.45) is 23.7 Å². The molecular weight excluding hydrogens is 464 g/mol. The highest BCUT2D eigenvalue weighted by Crippen LogP contribution is 2.55. The van der Waals surface area contributed by atoms with Crippen molar-refractivity contribution >= 4 is 29.2 Å². The van der Waals surface area contributed by atoms with Crippen LogP contribution in [0.2, 0.25) is 5.02 Å². The van der Waals surface area contributed by atoms with Gasteiger partial charge in [-0.2, -0.15) is 0 Å². The maximum absolute atomic E-state index is 13.4. The Morgan fingerprint density at radius 1 is 1.17 bits per heavy atom. The van der Waals surface area contributed by atoms with Crippen LogP contribution in [0.25, 0.3) is 0 Å². The Morgan fingerprint density at radius 2 is 1.91 bits per heavy atom. The lowest BCUT2D eigenvalue weighted by Gasteiger charge is -2.35. The zero-order chi connectivity index (χ0) is 24.9. The summed E-state index contributed by atoms with van der Waals surface area (Å²) in [5, 5.41) is 17.7. The first-order valence-electron chi connectivity index (χ1n) is 13.0. The van der Waals surface area contributed by atoms with Gasteiger partial charge in [0.15, 0.2) is 0 Å². The summed E-state index contributed by atoms with van der Waals surface area (Å²) < 4.78 is 5.99. The molecule has 3 saturated carbocycles. The Kier molecular flexibility index (Phi) is 6.69. The number of hydrogen-bond acceptors (Lipinski definition) is 4. The zero-order valence-electron chi connectivity index (χ0n) is 20.7. The van der Waals surface area contributed by atoms with Gasteiger partial charge in [-0.25, -0.2) is 0 Å². The molecule has 1 heterocycles. The van der Waals surface area contributed by atoms with Gasteiger partial charge in [0.05, 0.1) is 22.3 Å². The van der Waals surface area contributed by atoms with Gasteiger partial charge in [-0.05, 0) is 87.3 Å².